The first-order chi connectivity index (χ1) is 12.6. The first-order valence-electron chi connectivity index (χ1n) is 8.79. The zero-order chi connectivity index (χ0) is 18.1. The Labute approximate surface area is 155 Å². The van der Waals surface area contributed by atoms with Crippen LogP contribution in [0.25, 0.3) is 0 Å². The normalized spacial score (nSPS) is 22.9. The highest BCUT2D eigenvalue weighted by Crippen LogP contribution is 2.25. The Morgan fingerprint density at radius 2 is 2.12 bits per heavy atom. The van der Waals surface area contributed by atoms with Crippen LogP contribution in [-0.2, 0) is 16.1 Å². The average Bonchev–Trinajstić information content (AvgIpc) is 3.32. The van der Waals surface area contributed by atoms with E-state index in [1.165, 1.54) is 16.2 Å². The highest BCUT2D eigenvalue weighted by molar-refractivity contribution is 7.09. The third-order valence-corrected chi connectivity index (χ3v) is 5.79. The van der Waals surface area contributed by atoms with Crippen LogP contribution in [0.3, 0.4) is 0 Å². The van der Waals surface area contributed by atoms with Gasteiger partial charge in [0.05, 0.1) is 18.2 Å². The van der Waals surface area contributed by atoms with E-state index in [4.69, 9.17) is 0 Å². The molecular formula is C19H19N3O3S. The summed E-state index contributed by atoms with van der Waals surface area (Å²) in [6.07, 6.45) is 9.16. The van der Waals surface area contributed by atoms with Crippen LogP contribution in [0.5, 0.6) is 0 Å². The van der Waals surface area contributed by atoms with Crippen molar-refractivity contribution in [2.45, 2.75) is 38.3 Å². The summed E-state index contributed by atoms with van der Waals surface area (Å²) in [7, 11) is 0. The fraction of sp³-hybridized carbons (Fsp3) is 0.368. The van der Waals surface area contributed by atoms with E-state index < -0.39 is 11.9 Å². The molecule has 2 aliphatic carbocycles. The molecule has 7 heteroatoms. The third kappa shape index (κ3) is 3.26. The molecular weight excluding hydrogens is 350 g/mol. The van der Waals surface area contributed by atoms with Crippen molar-refractivity contribution < 1.29 is 14.4 Å². The number of allylic oxidation sites excluding steroid dienone is 1. The maximum Gasteiger partial charge on any atom is 0.350 e. The second-order valence-electron chi connectivity index (χ2n) is 6.71. The first-order valence-corrected chi connectivity index (χ1v) is 9.67. The maximum atomic E-state index is 12.7. The van der Waals surface area contributed by atoms with Gasteiger partial charge in [0.2, 0.25) is 5.91 Å². The van der Waals surface area contributed by atoms with Gasteiger partial charge in [0.15, 0.2) is 0 Å². The topological polar surface area (TPSA) is 78.8 Å². The standard InChI is InChI=1S/C19H19N3O3S/c23-17(20-13-4-1-2-5-13)12-7-8-15-16(10-12)21-19(25)22(18(15)24)11-14-6-3-9-26-14/h3,6-10,13,15H,1-2,4-5,11H2,(H,20,23). The second kappa shape index (κ2) is 6.99. The number of nitrogens with zero attached hydrogens (tertiary/aromatic N) is 2. The average molecular weight is 369 g/mol. The minimum atomic E-state index is -0.601. The number of fused-ring (bicyclic) bond motifs is 1. The largest absolute Gasteiger partial charge is 0.350 e. The molecule has 0 saturated heterocycles. The van der Waals surface area contributed by atoms with Crippen LogP contribution in [0.4, 0.5) is 4.79 Å². The van der Waals surface area contributed by atoms with Gasteiger partial charge in [-0.2, -0.15) is 4.99 Å². The van der Waals surface area contributed by atoms with Crippen LogP contribution in [-0.4, -0.2) is 34.5 Å². The van der Waals surface area contributed by atoms with Crippen LogP contribution < -0.4 is 5.32 Å². The molecule has 2 heterocycles. The van der Waals surface area contributed by atoms with Crippen molar-refractivity contribution in [1.29, 1.82) is 0 Å². The van der Waals surface area contributed by atoms with Gasteiger partial charge in [-0.05, 0) is 30.4 Å². The third-order valence-electron chi connectivity index (χ3n) is 4.92. The molecule has 4 amide bonds. The van der Waals surface area contributed by atoms with Gasteiger partial charge in [-0.15, -0.1) is 11.3 Å². The molecule has 1 fully saturated rings. The molecule has 0 bridgehead atoms. The molecule has 3 aliphatic rings. The van der Waals surface area contributed by atoms with Crippen LogP contribution in [0.15, 0.2) is 46.3 Å². The van der Waals surface area contributed by atoms with Crippen LogP contribution in [0, 0.1) is 5.92 Å². The van der Waals surface area contributed by atoms with Crippen molar-refractivity contribution in [3.05, 3.63) is 46.2 Å². The van der Waals surface area contributed by atoms with E-state index >= 15 is 0 Å². The van der Waals surface area contributed by atoms with Crippen molar-refractivity contribution in [2.75, 3.05) is 0 Å². The van der Waals surface area contributed by atoms with Crippen molar-refractivity contribution in [2.24, 2.45) is 10.9 Å². The number of hydrogen-bond acceptors (Lipinski definition) is 4. The van der Waals surface area contributed by atoms with Crippen molar-refractivity contribution >= 4 is 34.9 Å². The van der Waals surface area contributed by atoms with E-state index in [0.717, 1.165) is 30.6 Å². The van der Waals surface area contributed by atoms with Gasteiger partial charge in [0, 0.05) is 16.5 Å². The van der Waals surface area contributed by atoms with E-state index in [-0.39, 0.29) is 24.4 Å². The van der Waals surface area contributed by atoms with Crippen LogP contribution in [0.2, 0.25) is 0 Å². The second-order valence-corrected chi connectivity index (χ2v) is 7.75. The van der Waals surface area contributed by atoms with E-state index in [1.54, 1.807) is 18.2 Å². The molecule has 26 heavy (non-hydrogen) atoms. The summed E-state index contributed by atoms with van der Waals surface area (Å²) in [5.41, 5.74) is 0.792. The highest BCUT2D eigenvalue weighted by atomic mass is 32.1. The molecule has 134 valence electrons. The zero-order valence-corrected chi connectivity index (χ0v) is 15.0. The molecule has 1 N–H and O–H groups in total. The maximum absolute atomic E-state index is 12.7. The molecule has 0 aromatic carbocycles. The number of thiophene rings is 1. The van der Waals surface area contributed by atoms with E-state index in [0.29, 0.717) is 11.3 Å². The van der Waals surface area contributed by atoms with Gasteiger partial charge in [-0.1, -0.05) is 31.1 Å². The Balaban J connectivity index is 1.51. The fourth-order valence-corrected chi connectivity index (χ4v) is 4.22. The molecule has 6 nitrogen and oxygen atoms in total. The highest BCUT2D eigenvalue weighted by Gasteiger charge is 2.37. The molecule has 0 radical (unpaired) electrons. The van der Waals surface area contributed by atoms with Gasteiger partial charge in [0.1, 0.15) is 0 Å². The summed E-state index contributed by atoms with van der Waals surface area (Å²) < 4.78 is 0. The van der Waals surface area contributed by atoms with Crippen LogP contribution in [0.1, 0.15) is 30.6 Å². The van der Waals surface area contributed by atoms with Crippen molar-refractivity contribution in [1.82, 2.24) is 10.2 Å². The monoisotopic (exact) mass is 369 g/mol. The zero-order valence-electron chi connectivity index (χ0n) is 14.2. The van der Waals surface area contributed by atoms with E-state index in [2.05, 4.69) is 10.3 Å². The van der Waals surface area contributed by atoms with Crippen LogP contribution >= 0.6 is 11.3 Å². The Morgan fingerprint density at radius 3 is 2.85 bits per heavy atom. The Morgan fingerprint density at radius 1 is 1.31 bits per heavy atom. The number of aliphatic imine (C=N–C) groups is 1. The Bertz CT molecular complexity index is 832. The smallest absolute Gasteiger partial charge is 0.349 e. The number of hydrogen-bond donors (Lipinski definition) is 1. The van der Waals surface area contributed by atoms with Gasteiger partial charge >= 0.3 is 6.03 Å². The SMILES string of the molecule is O=C(NC1CCCC1)C1=CC2=NC(=O)N(Cc3cccs3)C(=O)C2C=C1. The minimum Gasteiger partial charge on any atom is -0.349 e. The van der Waals surface area contributed by atoms with Gasteiger partial charge in [-0.25, -0.2) is 4.79 Å². The number of rotatable bonds is 4. The van der Waals surface area contributed by atoms with Gasteiger partial charge in [-0.3, -0.25) is 14.5 Å². The fourth-order valence-electron chi connectivity index (χ4n) is 3.52. The lowest BCUT2D eigenvalue weighted by Crippen LogP contribution is -2.46. The molecule has 1 saturated carbocycles. The van der Waals surface area contributed by atoms with Gasteiger partial charge < -0.3 is 5.32 Å². The first kappa shape index (κ1) is 16.9. The van der Waals surface area contributed by atoms with E-state index in [1.807, 2.05) is 17.5 Å². The summed E-state index contributed by atoms with van der Waals surface area (Å²) >= 11 is 1.49. The number of carbonyl (C=O) groups excluding carboxylic acids is 3. The molecule has 1 atom stereocenters. The minimum absolute atomic E-state index is 0.171. The summed E-state index contributed by atoms with van der Waals surface area (Å²) in [6, 6.07) is 3.41. The number of carbonyl (C=O) groups is 3. The molecule has 1 aromatic heterocycles. The van der Waals surface area contributed by atoms with Crippen molar-refractivity contribution in [3.8, 4) is 0 Å². The Hall–Kier alpha value is -2.54. The lowest BCUT2D eigenvalue weighted by molar-refractivity contribution is -0.130. The van der Waals surface area contributed by atoms with E-state index in [9.17, 15) is 14.4 Å². The molecule has 1 aromatic rings. The molecule has 1 aliphatic heterocycles. The summed E-state index contributed by atoms with van der Waals surface area (Å²) in [4.78, 5) is 43.6. The number of urea groups is 1. The predicted molar refractivity (Wildman–Crippen MR) is 98.8 cm³/mol. The predicted octanol–water partition coefficient (Wildman–Crippen LogP) is 2.82. The number of nitrogens with one attached hydrogen (secondary N) is 1. The Kier molecular flexibility index (Phi) is 4.55. The summed E-state index contributed by atoms with van der Waals surface area (Å²) in [5.74, 6) is -1.07. The number of amides is 4. The molecule has 4 rings (SSSR count). The summed E-state index contributed by atoms with van der Waals surface area (Å²) in [6.45, 7) is 0.231. The lowest BCUT2D eigenvalue weighted by Gasteiger charge is -2.28. The van der Waals surface area contributed by atoms with Gasteiger partial charge in [0.25, 0.3) is 5.91 Å². The quantitative estimate of drug-likeness (QED) is 0.886. The summed E-state index contributed by atoms with van der Waals surface area (Å²) in [5, 5.41) is 4.92. The molecule has 0 spiro atoms. The lowest BCUT2D eigenvalue weighted by atomic mass is 9.91. The molecule has 1 unspecified atom stereocenters. The van der Waals surface area contributed by atoms with Crippen molar-refractivity contribution in [3.63, 3.8) is 0 Å². The number of imide groups is 1.